The maximum Gasteiger partial charge on any atom is 0.134 e. The van der Waals surface area contributed by atoms with E-state index < -0.39 is 0 Å². The van der Waals surface area contributed by atoms with Gasteiger partial charge in [0.1, 0.15) is 11.6 Å². The van der Waals surface area contributed by atoms with Gasteiger partial charge in [0, 0.05) is 24.2 Å². The predicted octanol–water partition coefficient (Wildman–Crippen LogP) is 4.06. The molecule has 0 radical (unpaired) electrons. The molecule has 0 amide bonds. The lowest BCUT2D eigenvalue weighted by Crippen LogP contribution is -2.15. The summed E-state index contributed by atoms with van der Waals surface area (Å²) in [5.74, 6) is 0.292. The van der Waals surface area contributed by atoms with Gasteiger partial charge < -0.3 is 10.1 Å². The third-order valence-electron chi connectivity index (χ3n) is 3.93. The fraction of sp³-hybridized carbons (Fsp3) is 0.333. The maximum absolute atomic E-state index is 14.2. The quantitative estimate of drug-likeness (QED) is 0.894. The van der Waals surface area contributed by atoms with Gasteiger partial charge in [0.25, 0.3) is 0 Å². The third kappa shape index (κ3) is 3.24. The molecule has 0 atom stereocenters. The molecule has 1 aliphatic rings. The van der Waals surface area contributed by atoms with E-state index >= 15 is 0 Å². The minimum Gasteiger partial charge on any atom is -0.497 e. The van der Waals surface area contributed by atoms with Crippen LogP contribution in [0.3, 0.4) is 0 Å². The van der Waals surface area contributed by atoms with E-state index in [1.54, 1.807) is 19.2 Å². The highest BCUT2D eigenvalue weighted by Gasteiger charge is 2.20. The molecule has 21 heavy (non-hydrogen) atoms. The van der Waals surface area contributed by atoms with Crippen molar-refractivity contribution in [3.05, 3.63) is 53.3 Å². The number of benzene rings is 2. The Morgan fingerprint density at radius 3 is 2.52 bits per heavy atom. The molecule has 1 N–H and O–H groups in total. The zero-order valence-corrected chi connectivity index (χ0v) is 12.4. The minimum atomic E-state index is -0.249. The lowest BCUT2D eigenvalue weighted by Gasteiger charge is -2.11. The molecule has 0 spiro atoms. The molecule has 2 aromatic rings. The number of rotatable bonds is 5. The van der Waals surface area contributed by atoms with Gasteiger partial charge in [-0.05, 0) is 48.6 Å². The van der Waals surface area contributed by atoms with Crippen molar-refractivity contribution in [1.82, 2.24) is 5.32 Å². The Bertz CT molecular complexity index is 650. The molecule has 2 aromatic carbocycles. The van der Waals surface area contributed by atoms with Crippen LogP contribution in [0.5, 0.6) is 5.75 Å². The fourth-order valence-electron chi connectivity index (χ4n) is 2.53. The summed E-state index contributed by atoms with van der Waals surface area (Å²) in [6.45, 7) is 2.91. The molecule has 0 aliphatic heterocycles. The van der Waals surface area contributed by atoms with E-state index in [0.29, 0.717) is 17.4 Å². The average molecular weight is 285 g/mol. The van der Waals surface area contributed by atoms with Crippen LogP contribution in [-0.4, -0.2) is 13.2 Å². The van der Waals surface area contributed by atoms with Gasteiger partial charge in [0.15, 0.2) is 0 Å². The van der Waals surface area contributed by atoms with E-state index in [9.17, 15) is 4.39 Å². The van der Waals surface area contributed by atoms with Gasteiger partial charge in [-0.1, -0.05) is 18.2 Å². The van der Waals surface area contributed by atoms with Crippen molar-refractivity contribution in [2.75, 3.05) is 7.11 Å². The lowest BCUT2D eigenvalue weighted by atomic mass is 9.98. The van der Waals surface area contributed by atoms with Crippen molar-refractivity contribution < 1.29 is 9.13 Å². The molecule has 0 unspecified atom stereocenters. The average Bonchev–Trinajstić information content (AvgIpc) is 3.30. The second-order valence-electron chi connectivity index (χ2n) is 5.65. The Kier molecular flexibility index (Phi) is 3.93. The monoisotopic (exact) mass is 285 g/mol. The van der Waals surface area contributed by atoms with Crippen molar-refractivity contribution in [2.45, 2.75) is 32.4 Å². The van der Waals surface area contributed by atoms with Crippen LogP contribution in [0.1, 0.15) is 24.0 Å². The first kappa shape index (κ1) is 14.1. The van der Waals surface area contributed by atoms with Crippen molar-refractivity contribution in [1.29, 1.82) is 0 Å². The zero-order chi connectivity index (χ0) is 14.8. The molecule has 0 saturated heterocycles. The summed E-state index contributed by atoms with van der Waals surface area (Å²) in [5.41, 5.74) is 3.89. The number of hydrogen-bond acceptors (Lipinski definition) is 2. The first-order valence-corrected chi connectivity index (χ1v) is 7.34. The highest BCUT2D eigenvalue weighted by atomic mass is 19.1. The second kappa shape index (κ2) is 5.86. The van der Waals surface area contributed by atoms with Gasteiger partial charge >= 0.3 is 0 Å². The van der Waals surface area contributed by atoms with E-state index in [1.165, 1.54) is 24.5 Å². The van der Waals surface area contributed by atoms with E-state index in [-0.39, 0.29) is 5.82 Å². The predicted molar refractivity (Wildman–Crippen MR) is 83.0 cm³/mol. The Balaban J connectivity index is 1.84. The van der Waals surface area contributed by atoms with Crippen LogP contribution >= 0.6 is 0 Å². The van der Waals surface area contributed by atoms with Crippen molar-refractivity contribution in [2.24, 2.45) is 0 Å². The molecule has 1 fully saturated rings. The molecule has 0 aromatic heterocycles. The molecular formula is C18H20FNO. The van der Waals surface area contributed by atoms with Crippen LogP contribution in [-0.2, 0) is 6.54 Å². The summed E-state index contributed by atoms with van der Waals surface area (Å²) >= 11 is 0. The van der Waals surface area contributed by atoms with Gasteiger partial charge in [-0.15, -0.1) is 0 Å². The van der Waals surface area contributed by atoms with Crippen LogP contribution in [0.4, 0.5) is 4.39 Å². The Labute approximate surface area is 125 Å². The van der Waals surface area contributed by atoms with Crippen LogP contribution in [0.15, 0.2) is 36.4 Å². The van der Waals surface area contributed by atoms with Crippen LogP contribution < -0.4 is 10.1 Å². The van der Waals surface area contributed by atoms with Gasteiger partial charge in [0.2, 0.25) is 0 Å². The normalized spacial score (nSPS) is 14.2. The molecule has 1 saturated carbocycles. The Morgan fingerprint density at radius 2 is 1.90 bits per heavy atom. The standard InChI is InChI=1S/C18H20FNO/c1-12-9-13(11-20-14-4-5-14)3-7-16(12)17-8-6-15(21-2)10-18(17)19/h3,6-10,14,20H,4-5,11H2,1-2H3. The summed E-state index contributed by atoms with van der Waals surface area (Å²) in [5, 5.41) is 3.50. The first-order valence-electron chi connectivity index (χ1n) is 7.34. The Hall–Kier alpha value is -1.87. The lowest BCUT2D eigenvalue weighted by molar-refractivity contribution is 0.411. The van der Waals surface area contributed by atoms with E-state index in [4.69, 9.17) is 4.74 Å². The summed E-state index contributed by atoms with van der Waals surface area (Å²) in [4.78, 5) is 0. The molecular weight excluding hydrogens is 265 g/mol. The van der Waals surface area contributed by atoms with Crippen molar-refractivity contribution >= 4 is 0 Å². The molecule has 110 valence electrons. The van der Waals surface area contributed by atoms with Crippen molar-refractivity contribution in [3.8, 4) is 16.9 Å². The van der Waals surface area contributed by atoms with E-state index in [1.807, 2.05) is 13.0 Å². The SMILES string of the molecule is COc1ccc(-c2ccc(CNC3CC3)cc2C)c(F)c1. The van der Waals surface area contributed by atoms with Gasteiger partial charge in [-0.25, -0.2) is 4.39 Å². The molecule has 3 heteroatoms. The topological polar surface area (TPSA) is 21.3 Å². The highest BCUT2D eigenvalue weighted by molar-refractivity contribution is 5.68. The Morgan fingerprint density at radius 1 is 1.14 bits per heavy atom. The minimum absolute atomic E-state index is 0.249. The first-order chi connectivity index (χ1) is 10.2. The third-order valence-corrected chi connectivity index (χ3v) is 3.93. The van der Waals surface area contributed by atoms with E-state index in [0.717, 1.165) is 17.7 Å². The molecule has 2 nitrogen and oxygen atoms in total. The molecule has 3 rings (SSSR count). The van der Waals surface area contributed by atoms with Crippen LogP contribution in [0.25, 0.3) is 11.1 Å². The summed E-state index contributed by atoms with van der Waals surface area (Å²) in [6, 6.07) is 11.9. The summed E-state index contributed by atoms with van der Waals surface area (Å²) in [6.07, 6.45) is 2.57. The zero-order valence-electron chi connectivity index (χ0n) is 12.4. The number of nitrogens with one attached hydrogen (secondary N) is 1. The summed E-state index contributed by atoms with van der Waals surface area (Å²) < 4.78 is 19.2. The number of methoxy groups -OCH3 is 1. The maximum atomic E-state index is 14.2. The molecule has 1 aliphatic carbocycles. The number of hydrogen-bond donors (Lipinski definition) is 1. The number of halogens is 1. The second-order valence-corrected chi connectivity index (χ2v) is 5.65. The fourth-order valence-corrected chi connectivity index (χ4v) is 2.53. The van der Waals surface area contributed by atoms with Crippen LogP contribution in [0.2, 0.25) is 0 Å². The number of ether oxygens (including phenoxy) is 1. The van der Waals surface area contributed by atoms with Gasteiger partial charge in [0.05, 0.1) is 7.11 Å². The van der Waals surface area contributed by atoms with Gasteiger partial charge in [-0.3, -0.25) is 0 Å². The van der Waals surface area contributed by atoms with Crippen molar-refractivity contribution in [3.63, 3.8) is 0 Å². The van der Waals surface area contributed by atoms with Gasteiger partial charge in [-0.2, -0.15) is 0 Å². The summed E-state index contributed by atoms with van der Waals surface area (Å²) in [7, 11) is 1.54. The van der Waals surface area contributed by atoms with E-state index in [2.05, 4.69) is 17.4 Å². The molecule has 0 bridgehead atoms. The molecule has 0 heterocycles. The largest absolute Gasteiger partial charge is 0.497 e. The smallest absolute Gasteiger partial charge is 0.134 e. The number of aryl methyl sites for hydroxylation is 1. The van der Waals surface area contributed by atoms with Crippen LogP contribution in [0, 0.1) is 12.7 Å². The highest BCUT2D eigenvalue weighted by Crippen LogP contribution is 2.29.